The van der Waals surface area contributed by atoms with Crippen molar-refractivity contribution in [3.63, 3.8) is 0 Å². The lowest BCUT2D eigenvalue weighted by Crippen LogP contribution is -2.16. The Morgan fingerprint density at radius 3 is 2.75 bits per heavy atom. The molecule has 0 saturated heterocycles. The molecule has 0 aliphatic rings. The summed E-state index contributed by atoms with van der Waals surface area (Å²) in [4.78, 5) is 0. The highest BCUT2D eigenvalue weighted by atomic mass is 79.9. The van der Waals surface area contributed by atoms with Gasteiger partial charge in [-0.1, -0.05) is 45.4 Å². The molecule has 0 radical (unpaired) electrons. The molecule has 2 rings (SSSR count). The van der Waals surface area contributed by atoms with Gasteiger partial charge in [0.25, 0.3) is 0 Å². The maximum atomic E-state index is 8.79. The van der Waals surface area contributed by atoms with Crippen LogP contribution in [0.4, 0.5) is 0 Å². The zero-order chi connectivity index (χ0) is 14.5. The van der Waals surface area contributed by atoms with Crippen molar-refractivity contribution in [2.45, 2.75) is 13.5 Å². The molecule has 104 valence electrons. The SMILES string of the molecule is Cc1cc(Br)ccc1OCc1ccccc1C(N)=NO. The number of hydrogen-bond donors (Lipinski definition) is 2. The van der Waals surface area contributed by atoms with Gasteiger partial charge < -0.3 is 15.7 Å². The molecule has 5 heteroatoms. The van der Waals surface area contributed by atoms with E-state index in [4.69, 9.17) is 15.7 Å². The number of hydrogen-bond acceptors (Lipinski definition) is 3. The van der Waals surface area contributed by atoms with Crippen LogP contribution in [0.1, 0.15) is 16.7 Å². The first-order chi connectivity index (χ1) is 9.61. The average molecular weight is 335 g/mol. The number of oxime groups is 1. The molecule has 0 amide bonds. The summed E-state index contributed by atoms with van der Waals surface area (Å²) in [6, 6.07) is 13.2. The Morgan fingerprint density at radius 1 is 1.30 bits per heavy atom. The number of nitrogens with zero attached hydrogens (tertiary/aromatic N) is 1. The summed E-state index contributed by atoms with van der Waals surface area (Å²) >= 11 is 3.42. The molecule has 2 aromatic rings. The largest absolute Gasteiger partial charge is 0.489 e. The lowest BCUT2D eigenvalue weighted by molar-refractivity contribution is 0.303. The first-order valence-electron chi connectivity index (χ1n) is 6.06. The van der Waals surface area contributed by atoms with Gasteiger partial charge in [0, 0.05) is 15.6 Å². The van der Waals surface area contributed by atoms with Crippen molar-refractivity contribution in [1.82, 2.24) is 0 Å². The Labute approximate surface area is 126 Å². The Bertz CT molecular complexity index is 642. The minimum Gasteiger partial charge on any atom is -0.489 e. The van der Waals surface area contributed by atoms with Crippen LogP contribution >= 0.6 is 15.9 Å². The van der Waals surface area contributed by atoms with Crippen molar-refractivity contribution < 1.29 is 9.94 Å². The van der Waals surface area contributed by atoms with E-state index in [0.29, 0.717) is 12.2 Å². The van der Waals surface area contributed by atoms with E-state index < -0.39 is 0 Å². The van der Waals surface area contributed by atoms with Crippen molar-refractivity contribution >= 4 is 21.8 Å². The molecule has 0 atom stereocenters. The van der Waals surface area contributed by atoms with Crippen LogP contribution in [0.25, 0.3) is 0 Å². The maximum Gasteiger partial charge on any atom is 0.170 e. The molecule has 20 heavy (non-hydrogen) atoms. The normalized spacial score (nSPS) is 11.4. The fraction of sp³-hybridized carbons (Fsp3) is 0.133. The number of benzene rings is 2. The van der Waals surface area contributed by atoms with Crippen LogP contribution in [0.2, 0.25) is 0 Å². The first-order valence-corrected chi connectivity index (χ1v) is 6.86. The van der Waals surface area contributed by atoms with Gasteiger partial charge in [-0.3, -0.25) is 0 Å². The number of nitrogens with two attached hydrogens (primary N) is 1. The standard InChI is InChI=1S/C15H15BrN2O2/c1-10-8-12(16)6-7-14(10)20-9-11-4-2-3-5-13(11)15(17)18-19/h2-8,19H,9H2,1H3,(H2,17,18). The molecule has 0 aliphatic carbocycles. The van der Waals surface area contributed by atoms with E-state index in [2.05, 4.69) is 21.1 Å². The predicted molar refractivity (Wildman–Crippen MR) is 82.2 cm³/mol. The van der Waals surface area contributed by atoms with Gasteiger partial charge in [-0.25, -0.2) is 0 Å². The fourth-order valence-corrected chi connectivity index (χ4v) is 2.36. The second-order valence-electron chi connectivity index (χ2n) is 4.34. The highest BCUT2D eigenvalue weighted by Crippen LogP contribution is 2.23. The summed E-state index contributed by atoms with van der Waals surface area (Å²) < 4.78 is 6.81. The molecule has 0 spiro atoms. The third-order valence-corrected chi connectivity index (χ3v) is 3.41. The van der Waals surface area contributed by atoms with Crippen LogP contribution in [0.15, 0.2) is 52.1 Å². The summed E-state index contributed by atoms with van der Waals surface area (Å²) in [5, 5.41) is 11.8. The maximum absolute atomic E-state index is 8.79. The highest BCUT2D eigenvalue weighted by Gasteiger charge is 2.08. The van der Waals surface area contributed by atoms with Crippen molar-refractivity contribution in [1.29, 1.82) is 0 Å². The molecule has 4 nitrogen and oxygen atoms in total. The second-order valence-corrected chi connectivity index (χ2v) is 5.26. The summed E-state index contributed by atoms with van der Waals surface area (Å²) in [6.07, 6.45) is 0. The van der Waals surface area contributed by atoms with Crippen LogP contribution in [0.5, 0.6) is 5.75 Å². The van der Waals surface area contributed by atoms with Gasteiger partial charge in [0.15, 0.2) is 5.84 Å². The van der Waals surface area contributed by atoms with Gasteiger partial charge in [0.1, 0.15) is 12.4 Å². The third-order valence-electron chi connectivity index (χ3n) is 2.92. The Morgan fingerprint density at radius 2 is 2.05 bits per heavy atom. The Kier molecular flexibility index (Phi) is 4.63. The minimum absolute atomic E-state index is 0.0803. The van der Waals surface area contributed by atoms with E-state index >= 15 is 0 Å². The molecular formula is C15H15BrN2O2. The van der Waals surface area contributed by atoms with Crippen LogP contribution in [0.3, 0.4) is 0 Å². The van der Waals surface area contributed by atoms with Crippen molar-refractivity contribution in [2.75, 3.05) is 0 Å². The third kappa shape index (κ3) is 3.30. The van der Waals surface area contributed by atoms with Gasteiger partial charge in [-0.05, 0) is 30.7 Å². The molecule has 0 aliphatic heterocycles. The van der Waals surface area contributed by atoms with Gasteiger partial charge in [-0.15, -0.1) is 0 Å². The van der Waals surface area contributed by atoms with Gasteiger partial charge >= 0.3 is 0 Å². The molecule has 0 unspecified atom stereocenters. The zero-order valence-corrected chi connectivity index (χ0v) is 12.6. The van der Waals surface area contributed by atoms with Gasteiger partial charge in [0.05, 0.1) is 0 Å². The molecule has 3 N–H and O–H groups in total. The minimum atomic E-state index is 0.0803. The average Bonchev–Trinajstić information content (AvgIpc) is 2.46. The van der Waals surface area contributed by atoms with E-state index in [1.807, 2.05) is 43.3 Å². The predicted octanol–water partition coefficient (Wildman–Crippen LogP) is 3.43. The Balaban J connectivity index is 2.19. The van der Waals surface area contributed by atoms with E-state index in [9.17, 15) is 0 Å². The summed E-state index contributed by atoms with van der Waals surface area (Å²) in [6.45, 7) is 2.34. The molecule has 0 aromatic heterocycles. The fourth-order valence-electron chi connectivity index (χ4n) is 1.88. The highest BCUT2D eigenvalue weighted by molar-refractivity contribution is 9.10. The quantitative estimate of drug-likeness (QED) is 0.389. The monoisotopic (exact) mass is 334 g/mol. The number of halogens is 1. The summed E-state index contributed by atoms with van der Waals surface area (Å²) in [5.74, 6) is 0.888. The second kappa shape index (κ2) is 6.43. The number of aryl methyl sites for hydroxylation is 1. The van der Waals surface area contributed by atoms with Crippen molar-refractivity contribution in [3.05, 3.63) is 63.6 Å². The number of rotatable bonds is 4. The van der Waals surface area contributed by atoms with Crippen LogP contribution < -0.4 is 10.5 Å². The molecule has 0 fully saturated rings. The molecule has 0 bridgehead atoms. The summed E-state index contributed by atoms with van der Waals surface area (Å²) in [5.41, 5.74) is 8.23. The van der Waals surface area contributed by atoms with Gasteiger partial charge in [0.2, 0.25) is 0 Å². The lowest BCUT2D eigenvalue weighted by atomic mass is 10.1. The Hall–Kier alpha value is -2.01. The van der Waals surface area contributed by atoms with Crippen LogP contribution in [0, 0.1) is 6.92 Å². The lowest BCUT2D eigenvalue weighted by Gasteiger charge is -2.12. The van der Waals surface area contributed by atoms with Crippen molar-refractivity contribution in [3.8, 4) is 5.75 Å². The molecule has 2 aromatic carbocycles. The first kappa shape index (κ1) is 14.4. The van der Waals surface area contributed by atoms with Crippen LogP contribution in [-0.4, -0.2) is 11.0 Å². The van der Waals surface area contributed by atoms with Crippen LogP contribution in [-0.2, 0) is 6.61 Å². The number of amidine groups is 1. The molecular weight excluding hydrogens is 320 g/mol. The number of ether oxygens (including phenoxy) is 1. The molecule has 0 saturated carbocycles. The van der Waals surface area contributed by atoms with E-state index in [0.717, 1.165) is 21.3 Å². The zero-order valence-electron chi connectivity index (χ0n) is 11.0. The smallest absolute Gasteiger partial charge is 0.170 e. The van der Waals surface area contributed by atoms with Gasteiger partial charge in [-0.2, -0.15) is 0 Å². The topological polar surface area (TPSA) is 67.8 Å². The summed E-state index contributed by atoms with van der Waals surface area (Å²) in [7, 11) is 0. The van der Waals surface area contributed by atoms with E-state index in [1.54, 1.807) is 6.07 Å². The van der Waals surface area contributed by atoms with Crippen molar-refractivity contribution in [2.24, 2.45) is 10.9 Å². The van der Waals surface area contributed by atoms with E-state index in [1.165, 1.54) is 0 Å². The molecule has 0 heterocycles. The van der Waals surface area contributed by atoms with E-state index in [-0.39, 0.29) is 5.84 Å².